The molecule has 8 nitrogen and oxygen atoms in total. The molecule has 1 fully saturated rings. The molecule has 10 heteroatoms. The van der Waals surface area contributed by atoms with Gasteiger partial charge in [-0.3, -0.25) is 9.59 Å². The molecule has 152 valence electrons. The van der Waals surface area contributed by atoms with Gasteiger partial charge in [-0.25, -0.2) is 9.78 Å². The lowest BCUT2D eigenvalue weighted by Gasteiger charge is -2.30. The third kappa shape index (κ3) is 4.75. The molecule has 3 amide bonds. The van der Waals surface area contributed by atoms with Crippen molar-refractivity contribution >= 4 is 45.6 Å². The number of hydrogen-bond acceptors (Lipinski definition) is 7. The molecular weight excluding hydrogens is 412 g/mol. The maximum Gasteiger partial charge on any atom is 0.410 e. The largest absolute Gasteiger partial charge is 0.436 e. The zero-order chi connectivity index (χ0) is 21.0. The number of carbonyl (C=O) groups is 3. The van der Waals surface area contributed by atoms with E-state index in [-0.39, 0.29) is 18.4 Å². The van der Waals surface area contributed by atoms with Crippen molar-refractivity contribution in [2.45, 2.75) is 25.7 Å². The van der Waals surface area contributed by atoms with Crippen LogP contribution in [-0.4, -0.2) is 47.5 Å². The summed E-state index contributed by atoms with van der Waals surface area (Å²) in [6, 6.07) is 0. The van der Waals surface area contributed by atoms with Crippen molar-refractivity contribution in [1.29, 1.82) is 0 Å². The van der Waals surface area contributed by atoms with Crippen LogP contribution in [0, 0.1) is 19.3 Å². The summed E-state index contributed by atoms with van der Waals surface area (Å²) in [6.45, 7) is 2.82. The van der Waals surface area contributed by atoms with Gasteiger partial charge in [0, 0.05) is 24.4 Å². The molecule has 1 aliphatic heterocycles. The van der Waals surface area contributed by atoms with Crippen LogP contribution in [0.15, 0.2) is 10.8 Å². The Morgan fingerprint density at radius 2 is 2.07 bits per heavy atom. The van der Waals surface area contributed by atoms with E-state index in [9.17, 15) is 14.4 Å². The van der Waals surface area contributed by atoms with Crippen molar-refractivity contribution in [2.24, 2.45) is 5.73 Å². The number of likely N-dealkylation sites (tertiary alicyclic amines) is 1. The molecular formula is C19H20N4O4S2. The second-order valence-electron chi connectivity index (χ2n) is 6.53. The fraction of sp³-hybridized carbons (Fsp3) is 0.368. The van der Waals surface area contributed by atoms with Gasteiger partial charge in [-0.05, 0) is 30.7 Å². The molecule has 0 radical (unpaired) electrons. The number of terminal acetylenes is 1. The number of nitrogens with zero attached hydrogens (tertiary/aromatic N) is 2. The number of ether oxygens (including phenoxy) is 1. The van der Waals surface area contributed by atoms with Crippen LogP contribution in [-0.2, 0) is 4.74 Å². The predicted molar refractivity (Wildman–Crippen MR) is 111 cm³/mol. The number of piperidine rings is 1. The van der Waals surface area contributed by atoms with Crippen LogP contribution in [0.1, 0.15) is 50.2 Å². The number of nitrogens with one attached hydrogen (secondary N) is 1. The van der Waals surface area contributed by atoms with E-state index in [2.05, 4.69) is 16.2 Å². The lowest BCUT2D eigenvalue weighted by Crippen LogP contribution is -2.38. The fourth-order valence-corrected chi connectivity index (χ4v) is 5.01. The van der Waals surface area contributed by atoms with Crippen molar-refractivity contribution in [1.82, 2.24) is 9.88 Å². The summed E-state index contributed by atoms with van der Waals surface area (Å²) in [4.78, 5) is 42.1. The number of thiazole rings is 1. The molecule has 0 bridgehead atoms. The zero-order valence-corrected chi connectivity index (χ0v) is 17.4. The average molecular weight is 433 g/mol. The van der Waals surface area contributed by atoms with E-state index in [0.717, 1.165) is 23.4 Å². The molecule has 2 aromatic rings. The summed E-state index contributed by atoms with van der Waals surface area (Å²) in [6.07, 6.45) is 6.15. The number of aryl methyl sites for hydroxylation is 1. The van der Waals surface area contributed by atoms with Gasteiger partial charge in [0.05, 0.1) is 10.6 Å². The van der Waals surface area contributed by atoms with E-state index < -0.39 is 12.0 Å². The van der Waals surface area contributed by atoms with Gasteiger partial charge >= 0.3 is 6.09 Å². The van der Waals surface area contributed by atoms with Crippen LogP contribution in [0.3, 0.4) is 0 Å². The normalized spacial score (nSPS) is 14.3. The first-order valence-corrected chi connectivity index (χ1v) is 10.7. The molecule has 2 aromatic heterocycles. The second-order valence-corrected chi connectivity index (χ2v) is 8.30. The summed E-state index contributed by atoms with van der Waals surface area (Å²) >= 11 is 2.66. The number of aromatic nitrogens is 1. The topological polar surface area (TPSA) is 115 Å². The van der Waals surface area contributed by atoms with Crippen LogP contribution in [0.5, 0.6) is 0 Å². The minimum absolute atomic E-state index is 0.0368. The van der Waals surface area contributed by atoms with Crippen molar-refractivity contribution in [3.05, 3.63) is 32.6 Å². The maximum absolute atomic E-state index is 12.5. The van der Waals surface area contributed by atoms with Gasteiger partial charge in [0.2, 0.25) is 0 Å². The number of carbonyl (C=O) groups excluding carboxylic acids is 3. The monoisotopic (exact) mass is 432 g/mol. The van der Waals surface area contributed by atoms with Crippen molar-refractivity contribution in [2.75, 3.05) is 25.0 Å². The van der Waals surface area contributed by atoms with Crippen molar-refractivity contribution < 1.29 is 19.1 Å². The quantitative estimate of drug-likeness (QED) is 0.705. The standard InChI is InChI=1S/C19H20N4O4S2/c1-3-8-27-19(26)23-6-4-12(5-7-23)17-21-13(10-29-17)16(25)22-18-14(15(20)24)11(2)9-28-18/h1,9-10,12H,4-8H2,2H3,(H2,20,24)(H,22,25). The Bertz CT molecular complexity index is 967. The van der Waals surface area contributed by atoms with Crippen LogP contribution in [0.4, 0.5) is 9.80 Å². The van der Waals surface area contributed by atoms with Crippen LogP contribution >= 0.6 is 22.7 Å². The van der Waals surface area contributed by atoms with E-state index in [1.54, 1.807) is 22.6 Å². The number of rotatable bonds is 5. The van der Waals surface area contributed by atoms with E-state index in [1.807, 2.05) is 0 Å². The van der Waals surface area contributed by atoms with Crippen molar-refractivity contribution in [3.8, 4) is 12.3 Å². The van der Waals surface area contributed by atoms with Gasteiger partial charge < -0.3 is 20.7 Å². The Balaban J connectivity index is 1.60. The van der Waals surface area contributed by atoms with E-state index in [0.29, 0.717) is 29.3 Å². The highest BCUT2D eigenvalue weighted by molar-refractivity contribution is 7.15. The third-order valence-electron chi connectivity index (χ3n) is 4.58. The fourth-order valence-electron chi connectivity index (χ4n) is 3.09. The first-order chi connectivity index (χ1) is 13.9. The minimum atomic E-state index is -0.578. The Morgan fingerprint density at radius 3 is 2.72 bits per heavy atom. The summed E-state index contributed by atoms with van der Waals surface area (Å²) in [5, 5.41) is 7.47. The van der Waals surface area contributed by atoms with E-state index in [4.69, 9.17) is 16.9 Å². The molecule has 1 aliphatic rings. The highest BCUT2D eigenvalue weighted by Gasteiger charge is 2.27. The molecule has 3 heterocycles. The Hall–Kier alpha value is -2.90. The summed E-state index contributed by atoms with van der Waals surface area (Å²) in [5.41, 5.74) is 6.73. The van der Waals surface area contributed by atoms with E-state index >= 15 is 0 Å². The second kappa shape index (κ2) is 9.07. The van der Waals surface area contributed by atoms with Crippen molar-refractivity contribution in [3.63, 3.8) is 0 Å². The highest BCUT2D eigenvalue weighted by atomic mass is 32.1. The molecule has 0 unspecified atom stereocenters. The van der Waals surface area contributed by atoms with Gasteiger partial charge in [0.25, 0.3) is 11.8 Å². The maximum atomic E-state index is 12.5. The summed E-state index contributed by atoms with van der Waals surface area (Å²) < 4.78 is 4.94. The predicted octanol–water partition coefficient (Wildman–Crippen LogP) is 2.81. The SMILES string of the molecule is C#CCOC(=O)N1CCC(c2nc(C(=O)Nc3scc(C)c3C(N)=O)cs2)CC1. The molecule has 3 rings (SSSR count). The third-order valence-corrected chi connectivity index (χ3v) is 6.60. The van der Waals surface area contributed by atoms with Gasteiger partial charge in [-0.2, -0.15) is 0 Å². The number of primary amides is 1. The van der Waals surface area contributed by atoms with Gasteiger partial charge in [-0.15, -0.1) is 29.1 Å². The number of hydrogen-bond donors (Lipinski definition) is 2. The Labute approximate surface area is 176 Å². The zero-order valence-electron chi connectivity index (χ0n) is 15.8. The summed E-state index contributed by atoms with van der Waals surface area (Å²) in [7, 11) is 0. The van der Waals surface area contributed by atoms with Crippen LogP contribution < -0.4 is 11.1 Å². The average Bonchev–Trinajstić information content (AvgIpc) is 3.33. The summed E-state index contributed by atoms with van der Waals surface area (Å²) in [5.74, 6) is 1.48. The van der Waals surface area contributed by atoms with Crippen LogP contribution in [0.2, 0.25) is 0 Å². The smallest absolute Gasteiger partial charge is 0.410 e. The van der Waals surface area contributed by atoms with Gasteiger partial charge in [-0.1, -0.05) is 5.92 Å². The first-order valence-electron chi connectivity index (χ1n) is 8.90. The Kier molecular flexibility index (Phi) is 6.51. The molecule has 0 atom stereocenters. The Morgan fingerprint density at radius 1 is 1.34 bits per heavy atom. The lowest BCUT2D eigenvalue weighted by atomic mass is 9.98. The molecule has 0 aromatic carbocycles. The number of amides is 3. The molecule has 3 N–H and O–H groups in total. The molecule has 29 heavy (non-hydrogen) atoms. The number of nitrogens with two attached hydrogens (primary N) is 1. The number of thiophene rings is 1. The van der Waals surface area contributed by atoms with Gasteiger partial charge in [0.15, 0.2) is 6.61 Å². The molecule has 0 saturated carbocycles. The minimum Gasteiger partial charge on any atom is -0.436 e. The molecule has 1 saturated heterocycles. The lowest BCUT2D eigenvalue weighted by molar-refractivity contribution is 0.0999. The van der Waals surface area contributed by atoms with Gasteiger partial charge in [0.1, 0.15) is 10.7 Å². The molecule has 0 spiro atoms. The highest BCUT2D eigenvalue weighted by Crippen LogP contribution is 2.31. The first kappa shape index (κ1) is 20.8. The number of anilines is 1. The molecule has 0 aliphatic carbocycles. The van der Waals surface area contributed by atoms with Crippen LogP contribution in [0.25, 0.3) is 0 Å². The van der Waals surface area contributed by atoms with E-state index in [1.165, 1.54) is 22.7 Å².